The van der Waals surface area contributed by atoms with Gasteiger partial charge in [-0.25, -0.2) is 0 Å². The van der Waals surface area contributed by atoms with Gasteiger partial charge >= 0.3 is 57.4 Å². The smallest absolute Gasteiger partial charge is 0.548 e. The molecule has 1 rings (SSSR count). The summed E-state index contributed by atoms with van der Waals surface area (Å²) in [6, 6.07) is 4.46. The summed E-state index contributed by atoms with van der Waals surface area (Å²) in [5, 5.41) is 22.9. The number of carbonyl (C=O) groups excluding carboxylic acids is 2. The Labute approximate surface area is 165 Å². The number of carbonyl (C=O) groups is 2. The molecule has 0 aromatic heterocycles. The summed E-state index contributed by atoms with van der Waals surface area (Å²) in [7, 11) is 0. The largest absolute Gasteiger partial charge is 1.00 e. The van der Waals surface area contributed by atoms with Crippen molar-refractivity contribution in [1.29, 1.82) is 0 Å². The minimum atomic E-state index is -1.36. The molecule has 1 atom stereocenters. The second kappa shape index (κ2) is 9.96. The number of ether oxygens (including phenoxy) is 1. The Kier molecular flexibility index (Phi) is 9.55. The van der Waals surface area contributed by atoms with Crippen LogP contribution in [-0.2, 0) is 14.3 Å². The van der Waals surface area contributed by atoms with E-state index < -0.39 is 18.0 Å². The minimum Gasteiger partial charge on any atom is -0.548 e. The number of phenolic OH excluding ortho intramolecular Hbond substituents is 1. The molecule has 6 nitrogen and oxygen atoms in total. The van der Waals surface area contributed by atoms with Crippen LogP contribution in [0.3, 0.4) is 0 Å². The Morgan fingerprint density at radius 2 is 1.95 bits per heavy atom. The maximum atomic E-state index is 11.3. The van der Waals surface area contributed by atoms with Crippen LogP contribution in [0.2, 0.25) is 0 Å². The molecule has 0 saturated carbocycles. The summed E-state index contributed by atoms with van der Waals surface area (Å²) >= 11 is 0. The van der Waals surface area contributed by atoms with Crippen molar-refractivity contribution in [3.8, 4) is 5.75 Å². The van der Waals surface area contributed by atoms with Crippen LogP contribution in [0.15, 0.2) is 36.5 Å². The van der Waals surface area contributed by atoms with Gasteiger partial charge in [0.05, 0.1) is 25.0 Å². The normalized spacial score (nSPS) is 10.9. The maximum absolute atomic E-state index is 11.3. The van der Waals surface area contributed by atoms with E-state index in [1.807, 2.05) is 0 Å². The first-order valence-electron chi connectivity index (χ1n) is 6.03. The predicted octanol–water partition coefficient (Wildman–Crippen LogP) is -2.76. The van der Waals surface area contributed by atoms with Crippen molar-refractivity contribution >= 4 is 11.9 Å². The van der Waals surface area contributed by atoms with Gasteiger partial charge in [-0.15, -0.1) is 0 Å². The van der Waals surface area contributed by atoms with Gasteiger partial charge in [0.1, 0.15) is 5.75 Å². The third-order valence-electron chi connectivity index (χ3n) is 2.47. The minimum absolute atomic E-state index is 0. The van der Waals surface area contributed by atoms with Crippen molar-refractivity contribution in [3.05, 3.63) is 42.1 Å². The van der Waals surface area contributed by atoms with Crippen molar-refractivity contribution in [1.82, 2.24) is 5.32 Å². The zero-order chi connectivity index (χ0) is 15.1. The molecule has 0 radical (unpaired) electrons. The molecular formula is C14H16KNO5. The Morgan fingerprint density at radius 1 is 1.38 bits per heavy atom. The van der Waals surface area contributed by atoms with Crippen molar-refractivity contribution in [3.63, 3.8) is 0 Å². The van der Waals surface area contributed by atoms with Crippen LogP contribution in [0.25, 0.3) is 0 Å². The first kappa shape index (κ1) is 20.1. The quantitative estimate of drug-likeness (QED) is 0.418. The molecule has 1 aromatic rings. The fourth-order valence-electron chi connectivity index (χ4n) is 1.59. The molecular weight excluding hydrogens is 301 g/mol. The van der Waals surface area contributed by atoms with Gasteiger partial charge in [-0.05, 0) is 24.6 Å². The molecule has 0 saturated heterocycles. The first-order chi connectivity index (χ1) is 9.43. The molecule has 1 aromatic carbocycles. The molecule has 21 heavy (non-hydrogen) atoms. The SMILES string of the molecule is C=C(CC(=O)OCC)NC(C(=O)[O-])c1ccc(O)cc1.[K+]. The topological polar surface area (TPSA) is 98.7 Å². The number of carboxylic acids is 1. The van der Waals surface area contributed by atoms with Crippen LogP contribution >= 0.6 is 0 Å². The number of esters is 1. The van der Waals surface area contributed by atoms with Crippen LogP contribution in [-0.4, -0.2) is 23.7 Å². The molecule has 0 heterocycles. The molecule has 0 aliphatic heterocycles. The zero-order valence-corrected chi connectivity index (χ0v) is 15.2. The molecule has 0 bridgehead atoms. The summed E-state index contributed by atoms with van der Waals surface area (Å²) < 4.78 is 4.74. The van der Waals surface area contributed by atoms with E-state index in [1.54, 1.807) is 6.92 Å². The number of hydrogen-bond donors (Lipinski definition) is 2. The Morgan fingerprint density at radius 3 is 2.43 bits per heavy atom. The van der Waals surface area contributed by atoms with Gasteiger partial charge in [-0.2, -0.15) is 0 Å². The average Bonchev–Trinajstić information content (AvgIpc) is 2.37. The van der Waals surface area contributed by atoms with Gasteiger partial charge in [-0.3, -0.25) is 4.79 Å². The monoisotopic (exact) mass is 317 g/mol. The second-order valence-electron chi connectivity index (χ2n) is 4.07. The summed E-state index contributed by atoms with van der Waals surface area (Å²) in [4.78, 5) is 22.4. The average molecular weight is 317 g/mol. The molecule has 0 amide bonds. The molecule has 0 spiro atoms. The predicted molar refractivity (Wildman–Crippen MR) is 69.4 cm³/mol. The van der Waals surface area contributed by atoms with Gasteiger partial charge in [0.15, 0.2) is 0 Å². The maximum Gasteiger partial charge on any atom is 1.00 e. The fourth-order valence-corrected chi connectivity index (χ4v) is 1.59. The van der Waals surface area contributed by atoms with Gasteiger partial charge in [0.2, 0.25) is 0 Å². The van der Waals surface area contributed by atoms with Crippen molar-refractivity contribution < 1.29 is 75.9 Å². The van der Waals surface area contributed by atoms with Crippen LogP contribution in [0.4, 0.5) is 0 Å². The Balaban J connectivity index is 0.00000400. The van der Waals surface area contributed by atoms with E-state index in [2.05, 4.69) is 11.9 Å². The molecule has 0 aliphatic rings. The van der Waals surface area contributed by atoms with E-state index >= 15 is 0 Å². The van der Waals surface area contributed by atoms with E-state index in [0.29, 0.717) is 5.56 Å². The van der Waals surface area contributed by atoms with E-state index in [1.165, 1.54) is 24.3 Å². The number of hydrogen-bond acceptors (Lipinski definition) is 6. The van der Waals surface area contributed by atoms with Gasteiger partial charge < -0.3 is 25.1 Å². The summed E-state index contributed by atoms with van der Waals surface area (Å²) in [5.74, 6) is -1.83. The summed E-state index contributed by atoms with van der Waals surface area (Å²) in [6.45, 7) is 5.51. The Bertz CT molecular complexity index is 501. The first-order valence-corrected chi connectivity index (χ1v) is 6.03. The van der Waals surface area contributed by atoms with E-state index in [0.717, 1.165) is 0 Å². The summed E-state index contributed by atoms with van der Waals surface area (Å²) in [5.41, 5.74) is 0.596. The number of benzene rings is 1. The van der Waals surface area contributed by atoms with Crippen molar-refractivity contribution in [2.24, 2.45) is 0 Å². The van der Waals surface area contributed by atoms with Gasteiger partial charge in [0.25, 0.3) is 0 Å². The number of rotatable bonds is 7. The molecule has 2 N–H and O–H groups in total. The number of aromatic hydroxyl groups is 1. The second-order valence-corrected chi connectivity index (χ2v) is 4.07. The Hall–Kier alpha value is -0.864. The molecule has 1 unspecified atom stereocenters. The molecule has 108 valence electrons. The third kappa shape index (κ3) is 7.10. The standard InChI is InChI=1S/C14H17NO5.K/c1-3-20-12(17)8-9(2)15-13(14(18)19)10-4-6-11(16)7-5-10;/h4-7,13,15-16H,2-3,8H2,1H3,(H,18,19);/q;+1/p-1. The third-order valence-corrected chi connectivity index (χ3v) is 2.47. The number of carboxylic acid groups (broad SMARTS) is 1. The van der Waals surface area contributed by atoms with E-state index in [-0.39, 0.29) is 75.9 Å². The molecule has 7 heteroatoms. The van der Waals surface area contributed by atoms with Crippen LogP contribution in [0.1, 0.15) is 24.9 Å². The number of aliphatic carboxylic acids is 1. The van der Waals surface area contributed by atoms with Crippen molar-refractivity contribution in [2.75, 3.05) is 6.61 Å². The fraction of sp³-hybridized carbons (Fsp3) is 0.286. The zero-order valence-electron chi connectivity index (χ0n) is 12.1. The van der Waals surface area contributed by atoms with E-state index in [4.69, 9.17) is 4.74 Å². The van der Waals surface area contributed by atoms with E-state index in [9.17, 15) is 19.8 Å². The van der Waals surface area contributed by atoms with Gasteiger partial charge in [-0.1, -0.05) is 18.7 Å². The number of phenols is 1. The van der Waals surface area contributed by atoms with Crippen molar-refractivity contribution in [2.45, 2.75) is 19.4 Å². The molecule has 0 aliphatic carbocycles. The van der Waals surface area contributed by atoms with Crippen LogP contribution < -0.4 is 61.8 Å². The number of nitrogens with one attached hydrogen (secondary N) is 1. The van der Waals surface area contributed by atoms with Crippen LogP contribution in [0.5, 0.6) is 5.75 Å². The van der Waals surface area contributed by atoms with Crippen LogP contribution in [0, 0.1) is 0 Å². The molecule has 0 fully saturated rings. The summed E-state index contributed by atoms with van der Waals surface area (Å²) in [6.07, 6.45) is -0.129. The van der Waals surface area contributed by atoms with Gasteiger partial charge in [0, 0.05) is 5.70 Å².